The van der Waals surface area contributed by atoms with E-state index in [0.717, 1.165) is 39.2 Å². The number of fused-ring (bicyclic) bond motifs is 1. The SMILES string of the molecule is N[C@@H]1CCN(Cc2ccc(-c3cc4nccc(Oc5ccc(CC(=O)CC6CC6)cc5F)c4s3)nc2)C1=O. The number of thiophene rings is 1. The molecule has 7 nitrogen and oxygen atoms in total. The van der Waals surface area contributed by atoms with Crippen LogP contribution in [0, 0.1) is 11.7 Å². The van der Waals surface area contributed by atoms with Crippen LogP contribution in [0.1, 0.15) is 36.8 Å². The van der Waals surface area contributed by atoms with Crippen molar-refractivity contribution < 1.29 is 18.7 Å². The van der Waals surface area contributed by atoms with Crippen LogP contribution in [0.2, 0.25) is 0 Å². The number of nitrogens with two attached hydrogens (primary N) is 1. The third-order valence-electron chi connectivity index (χ3n) is 7.00. The van der Waals surface area contributed by atoms with Gasteiger partial charge in [-0.2, -0.15) is 0 Å². The molecule has 38 heavy (non-hydrogen) atoms. The van der Waals surface area contributed by atoms with Crippen LogP contribution in [0.5, 0.6) is 11.5 Å². The number of carbonyl (C=O) groups is 2. The fraction of sp³-hybridized carbons (Fsp3) is 0.310. The molecule has 1 amide bonds. The molecule has 2 aliphatic rings. The third kappa shape index (κ3) is 5.30. The molecular weight excluding hydrogens is 503 g/mol. The highest BCUT2D eigenvalue weighted by Crippen LogP contribution is 2.39. The van der Waals surface area contributed by atoms with Crippen molar-refractivity contribution in [2.75, 3.05) is 6.54 Å². The van der Waals surface area contributed by atoms with Gasteiger partial charge in [0.15, 0.2) is 11.6 Å². The maximum absolute atomic E-state index is 14.9. The minimum absolute atomic E-state index is 0.0228. The van der Waals surface area contributed by atoms with Gasteiger partial charge in [0, 0.05) is 44.4 Å². The highest BCUT2D eigenvalue weighted by Gasteiger charge is 2.28. The van der Waals surface area contributed by atoms with Gasteiger partial charge in [-0.05, 0) is 60.6 Å². The lowest BCUT2D eigenvalue weighted by molar-refractivity contribution is -0.129. The van der Waals surface area contributed by atoms with E-state index in [1.165, 1.54) is 17.4 Å². The van der Waals surface area contributed by atoms with E-state index in [-0.39, 0.29) is 23.9 Å². The molecule has 1 aliphatic heterocycles. The average Bonchev–Trinajstić information content (AvgIpc) is 3.51. The summed E-state index contributed by atoms with van der Waals surface area (Å²) in [7, 11) is 0. The number of Topliss-reactive ketones (excluding diaryl/α,β-unsaturated/α-hetero) is 1. The molecule has 3 aromatic heterocycles. The highest BCUT2D eigenvalue weighted by atomic mass is 32.1. The Bertz CT molecular complexity index is 1520. The van der Waals surface area contributed by atoms with Crippen molar-refractivity contribution in [3.8, 4) is 22.1 Å². The number of halogens is 1. The molecule has 1 saturated heterocycles. The average molecular weight is 531 g/mol. The summed E-state index contributed by atoms with van der Waals surface area (Å²) >= 11 is 1.47. The van der Waals surface area contributed by atoms with Crippen molar-refractivity contribution in [3.63, 3.8) is 0 Å². The molecule has 1 aliphatic carbocycles. The lowest BCUT2D eigenvalue weighted by atomic mass is 10.0. The molecule has 0 bridgehead atoms. The zero-order valence-corrected chi connectivity index (χ0v) is 21.5. The zero-order chi connectivity index (χ0) is 26.2. The molecule has 4 aromatic rings. The molecule has 0 unspecified atom stereocenters. The molecule has 0 spiro atoms. The number of ether oxygens (including phenoxy) is 1. The van der Waals surface area contributed by atoms with Gasteiger partial charge in [0.1, 0.15) is 11.5 Å². The molecule has 2 fully saturated rings. The van der Waals surface area contributed by atoms with Crippen molar-refractivity contribution >= 4 is 33.2 Å². The van der Waals surface area contributed by atoms with Gasteiger partial charge in [-0.1, -0.05) is 12.1 Å². The van der Waals surface area contributed by atoms with Crippen LogP contribution in [0.15, 0.2) is 54.9 Å². The Morgan fingerprint density at radius 3 is 2.63 bits per heavy atom. The van der Waals surface area contributed by atoms with E-state index in [1.807, 2.05) is 18.2 Å². The molecule has 6 rings (SSSR count). The number of carbonyl (C=O) groups excluding carboxylic acids is 2. The van der Waals surface area contributed by atoms with Gasteiger partial charge in [0.05, 0.1) is 26.8 Å². The summed E-state index contributed by atoms with van der Waals surface area (Å²) < 4.78 is 21.6. The first-order valence-electron chi connectivity index (χ1n) is 12.8. The lowest BCUT2D eigenvalue weighted by Crippen LogP contribution is -2.33. The van der Waals surface area contributed by atoms with Crippen LogP contribution >= 0.6 is 11.3 Å². The molecule has 194 valence electrons. The van der Waals surface area contributed by atoms with Gasteiger partial charge in [0.25, 0.3) is 0 Å². The van der Waals surface area contributed by atoms with Crippen LogP contribution in [0.25, 0.3) is 20.8 Å². The Kier molecular flexibility index (Phi) is 6.63. The fourth-order valence-corrected chi connectivity index (χ4v) is 5.77. The van der Waals surface area contributed by atoms with E-state index in [4.69, 9.17) is 10.5 Å². The summed E-state index contributed by atoms with van der Waals surface area (Å²) in [6.45, 7) is 1.15. The summed E-state index contributed by atoms with van der Waals surface area (Å²) in [5, 5.41) is 0. The number of benzene rings is 1. The van der Waals surface area contributed by atoms with Gasteiger partial charge in [-0.15, -0.1) is 11.3 Å². The number of pyridine rings is 2. The smallest absolute Gasteiger partial charge is 0.239 e. The minimum atomic E-state index is -0.502. The Balaban J connectivity index is 1.17. The molecule has 9 heteroatoms. The predicted octanol–water partition coefficient (Wildman–Crippen LogP) is 5.26. The summed E-state index contributed by atoms with van der Waals surface area (Å²) in [4.78, 5) is 36.0. The second-order valence-corrected chi connectivity index (χ2v) is 11.1. The largest absolute Gasteiger partial charge is 0.453 e. The van der Waals surface area contributed by atoms with Crippen LogP contribution in [-0.4, -0.2) is 39.1 Å². The molecule has 0 radical (unpaired) electrons. The molecule has 4 heterocycles. The van der Waals surface area contributed by atoms with Crippen molar-refractivity contribution in [1.29, 1.82) is 0 Å². The number of rotatable bonds is 9. The van der Waals surface area contributed by atoms with Crippen molar-refractivity contribution in [2.24, 2.45) is 11.7 Å². The Hall–Kier alpha value is -3.69. The van der Waals surface area contributed by atoms with Crippen LogP contribution in [0.3, 0.4) is 0 Å². The van der Waals surface area contributed by atoms with E-state index >= 15 is 0 Å². The number of hydrogen-bond donors (Lipinski definition) is 1. The van der Waals surface area contributed by atoms with E-state index in [9.17, 15) is 14.0 Å². The molecule has 1 atom stereocenters. The van der Waals surface area contributed by atoms with Crippen LogP contribution < -0.4 is 10.5 Å². The van der Waals surface area contributed by atoms with E-state index in [2.05, 4.69) is 9.97 Å². The fourth-order valence-electron chi connectivity index (χ4n) is 4.72. The van der Waals surface area contributed by atoms with Gasteiger partial charge in [-0.3, -0.25) is 19.6 Å². The monoisotopic (exact) mass is 530 g/mol. The number of ketones is 1. The first-order chi connectivity index (χ1) is 18.4. The molecule has 1 saturated carbocycles. The second kappa shape index (κ2) is 10.2. The van der Waals surface area contributed by atoms with Gasteiger partial charge in [0.2, 0.25) is 5.91 Å². The minimum Gasteiger partial charge on any atom is -0.453 e. The first kappa shape index (κ1) is 24.6. The first-order valence-corrected chi connectivity index (χ1v) is 13.6. The number of likely N-dealkylation sites (tertiary alicyclic amines) is 1. The van der Waals surface area contributed by atoms with E-state index in [0.29, 0.717) is 43.2 Å². The van der Waals surface area contributed by atoms with Gasteiger partial charge in [-0.25, -0.2) is 4.39 Å². The van der Waals surface area contributed by atoms with Crippen LogP contribution in [0.4, 0.5) is 4.39 Å². The van der Waals surface area contributed by atoms with Gasteiger partial charge >= 0.3 is 0 Å². The summed E-state index contributed by atoms with van der Waals surface area (Å²) in [6, 6.07) is 11.8. The topological polar surface area (TPSA) is 98.4 Å². The van der Waals surface area contributed by atoms with Gasteiger partial charge < -0.3 is 15.4 Å². The maximum Gasteiger partial charge on any atom is 0.239 e. The molecule has 1 aromatic carbocycles. The maximum atomic E-state index is 14.9. The normalized spacial score (nSPS) is 17.4. The van der Waals surface area contributed by atoms with Crippen molar-refractivity contribution in [3.05, 3.63) is 71.8 Å². The zero-order valence-electron chi connectivity index (χ0n) is 20.7. The lowest BCUT2D eigenvalue weighted by Gasteiger charge is -2.15. The Morgan fingerprint density at radius 2 is 1.92 bits per heavy atom. The number of aromatic nitrogens is 2. The molecular formula is C29H27FN4O3S. The third-order valence-corrected chi connectivity index (χ3v) is 8.16. The number of nitrogens with zero attached hydrogens (tertiary/aromatic N) is 3. The summed E-state index contributed by atoms with van der Waals surface area (Å²) in [5.74, 6) is 0.752. The van der Waals surface area contributed by atoms with Crippen LogP contribution in [-0.2, 0) is 22.6 Å². The summed E-state index contributed by atoms with van der Waals surface area (Å²) in [5.41, 5.74) is 8.91. The number of hydrogen-bond acceptors (Lipinski definition) is 7. The summed E-state index contributed by atoms with van der Waals surface area (Å²) in [6.07, 6.45) is 7.15. The van der Waals surface area contributed by atoms with E-state index < -0.39 is 11.9 Å². The quantitative estimate of drug-likeness (QED) is 0.317. The van der Waals surface area contributed by atoms with Crippen molar-refractivity contribution in [2.45, 2.75) is 44.7 Å². The highest BCUT2D eigenvalue weighted by molar-refractivity contribution is 7.22. The molecule has 2 N–H and O–H groups in total. The Labute approximate surface area is 223 Å². The standard InChI is InChI=1S/C29H27FN4O3S/c30-21-13-18(12-20(35)11-17-1-2-17)4-6-25(21)37-26-7-9-32-24-14-27(38-28(24)26)23-5-3-19(15-33-23)16-34-10-8-22(31)29(34)36/h3-7,9,13-15,17,22H,1-2,8,10-12,16,31H2/t22-/m1/s1. The predicted molar refractivity (Wildman–Crippen MR) is 143 cm³/mol. The second-order valence-electron chi connectivity index (χ2n) is 10.1. The van der Waals surface area contributed by atoms with Crippen molar-refractivity contribution in [1.82, 2.24) is 14.9 Å². The Morgan fingerprint density at radius 1 is 1.08 bits per heavy atom. The van der Waals surface area contributed by atoms with E-state index in [1.54, 1.807) is 35.5 Å². The number of amides is 1.